The molecular formula is C12H18BrF. The molecule has 80 valence electrons. The minimum absolute atomic E-state index is 0.113. The fourth-order valence-electron chi connectivity index (χ4n) is 1.13. The first-order chi connectivity index (χ1) is 6.59. The maximum absolute atomic E-state index is 13.2. The van der Waals surface area contributed by atoms with E-state index in [1.807, 2.05) is 26.0 Å². The van der Waals surface area contributed by atoms with E-state index in [9.17, 15) is 4.39 Å². The van der Waals surface area contributed by atoms with Crippen LogP contribution in [0.3, 0.4) is 0 Å². The molecule has 0 spiro atoms. The van der Waals surface area contributed by atoms with Crippen molar-refractivity contribution in [1.29, 1.82) is 0 Å². The molecule has 0 N–H and O–H groups in total. The molecule has 0 bridgehead atoms. The highest BCUT2D eigenvalue weighted by Gasteiger charge is 2.04. The largest absolute Gasteiger partial charge is 0.207 e. The molecule has 0 aliphatic rings. The molecule has 2 heteroatoms. The number of hydrogen-bond acceptors (Lipinski definition) is 0. The summed E-state index contributed by atoms with van der Waals surface area (Å²) in [5.74, 6) is 0.388. The van der Waals surface area contributed by atoms with E-state index in [4.69, 9.17) is 0 Å². The molecule has 0 saturated heterocycles. The molecule has 1 rings (SSSR count). The topological polar surface area (TPSA) is 0 Å². The van der Waals surface area contributed by atoms with Gasteiger partial charge in [-0.25, -0.2) is 4.39 Å². The minimum atomic E-state index is -0.113. The smallest absolute Gasteiger partial charge is 0.127 e. The Bertz CT molecular complexity index is 269. The summed E-state index contributed by atoms with van der Waals surface area (Å²) in [6.07, 6.45) is 0.805. The molecule has 0 fully saturated rings. The highest BCUT2D eigenvalue weighted by atomic mass is 79.9. The lowest BCUT2D eigenvalue weighted by molar-refractivity contribution is 0.573. The Morgan fingerprint density at radius 3 is 2.29 bits per heavy atom. The summed E-state index contributed by atoms with van der Waals surface area (Å²) < 4.78 is 14.0. The highest BCUT2D eigenvalue weighted by Crippen LogP contribution is 2.17. The summed E-state index contributed by atoms with van der Waals surface area (Å²) >= 11 is 3.22. The van der Waals surface area contributed by atoms with E-state index in [2.05, 4.69) is 29.8 Å². The van der Waals surface area contributed by atoms with Gasteiger partial charge in [-0.15, -0.1) is 0 Å². The predicted molar refractivity (Wildman–Crippen MR) is 64.0 cm³/mol. The van der Waals surface area contributed by atoms with Gasteiger partial charge in [0.15, 0.2) is 0 Å². The second kappa shape index (κ2) is 6.99. The lowest BCUT2D eigenvalue weighted by Crippen LogP contribution is -1.96. The van der Waals surface area contributed by atoms with Crippen LogP contribution in [-0.4, -0.2) is 0 Å². The molecule has 0 unspecified atom stereocenters. The van der Waals surface area contributed by atoms with Crippen molar-refractivity contribution in [3.8, 4) is 0 Å². The third-order valence-electron chi connectivity index (χ3n) is 1.64. The molecule has 0 atom stereocenters. The second-order valence-corrected chi connectivity index (χ2v) is 4.25. The van der Waals surface area contributed by atoms with Gasteiger partial charge in [-0.1, -0.05) is 49.7 Å². The normalized spacial score (nSPS) is 9.64. The van der Waals surface area contributed by atoms with Crippen LogP contribution in [0.1, 0.15) is 33.3 Å². The molecular weight excluding hydrogens is 243 g/mol. The highest BCUT2D eigenvalue weighted by molar-refractivity contribution is 9.10. The van der Waals surface area contributed by atoms with Gasteiger partial charge >= 0.3 is 0 Å². The van der Waals surface area contributed by atoms with Crippen molar-refractivity contribution >= 4 is 15.9 Å². The SMILES string of the molecule is CC.CC(C)Cc1ccc(Br)cc1F. The van der Waals surface area contributed by atoms with Crippen molar-refractivity contribution in [3.63, 3.8) is 0 Å². The van der Waals surface area contributed by atoms with Gasteiger partial charge in [-0.05, 0) is 30.0 Å². The van der Waals surface area contributed by atoms with Crippen LogP contribution in [0.4, 0.5) is 4.39 Å². The first kappa shape index (κ1) is 13.6. The van der Waals surface area contributed by atoms with E-state index in [-0.39, 0.29) is 5.82 Å². The first-order valence-corrected chi connectivity index (χ1v) is 5.83. The lowest BCUT2D eigenvalue weighted by atomic mass is 10.0. The van der Waals surface area contributed by atoms with E-state index in [0.717, 1.165) is 16.5 Å². The summed E-state index contributed by atoms with van der Waals surface area (Å²) in [6, 6.07) is 5.22. The molecule has 0 aliphatic heterocycles. The van der Waals surface area contributed by atoms with Gasteiger partial charge in [0.1, 0.15) is 5.82 Å². The number of hydrogen-bond donors (Lipinski definition) is 0. The van der Waals surface area contributed by atoms with Crippen molar-refractivity contribution in [2.24, 2.45) is 5.92 Å². The zero-order valence-electron chi connectivity index (χ0n) is 9.27. The lowest BCUT2D eigenvalue weighted by Gasteiger charge is -2.05. The Morgan fingerprint density at radius 2 is 1.86 bits per heavy atom. The zero-order chi connectivity index (χ0) is 11.1. The molecule has 1 aromatic rings. The van der Waals surface area contributed by atoms with E-state index in [0.29, 0.717) is 5.92 Å². The van der Waals surface area contributed by atoms with Crippen molar-refractivity contribution in [1.82, 2.24) is 0 Å². The molecule has 0 saturated carbocycles. The van der Waals surface area contributed by atoms with Gasteiger partial charge in [0, 0.05) is 4.47 Å². The van der Waals surface area contributed by atoms with Gasteiger partial charge in [0.25, 0.3) is 0 Å². The molecule has 0 nitrogen and oxygen atoms in total. The van der Waals surface area contributed by atoms with Crippen LogP contribution in [0.2, 0.25) is 0 Å². The van der Waals surface area contributed by atoms with E-state index < -0.39 is 0 Å². The summed E-state index contributed by atoms with van der Waals surface area (Å²) in [5, 5.41) is 0. The molecule has 0 aromatic heterocycles. The maximum Gasteiger partial charge on any atom is 0.127 e. The van der Waals surface area contributed by atoms with Crippen LogP contribution in [0.5, 0.6) is 0 Å². The summed E-state index contributed by atoms with van der Waals surface area (Å²) in [7, 11) is 0. The van der Waals surface area contributed by atoms with Gasteiger partial charge < -0.3 is 0 Å². The Balaban J connectivity index is 0.000000791. The Hall–Kier alpha value is -0.370. The van der Waals surface area contributed by atoms with E-state index in [1.54, 1.807) is 0 Å². The van der Waals surface area contributed by atoms with Gasteiger partial charge in [0.05, 0.1) is 0 Å². The molecule has 0 aliphatic carbocycles. The number of rotatable bonds is 2. The van der Waals surface area contributed by atoms with E-state index in [1.165, 1.54) is 6.07 Å². The predicted octanol–water partition coefficient (Wildman–Crippen LogP) is 4.81. The third kappa shape index (κ3) is 4.75. The Kier molecular flexibility index (Phi) is 6.81. The fraction of sp³-hybridized carbons (Fsp3) is 0.500. The molecule has 14 heavy (non-hydrogen) atoms. The summed E-state index contributed by atoms with van der Waals surface area (Å²) in [4.78, 5) is 0. The monoisotopic (exact) mass is 260 g/mol. The maximum atomic E-state index is 13.2. The standard InChI is InChI=1S/C10H12BrF.C2H6/c1-7(2)5-8-3-4-9(11)6-10(8)12;1-2/h3-4,6-7H,5H2,1-2H3;1-2H3. The van der Waals surface area contributed by atoms with Gasteiger partial charge in [-0.3, -0.25) is 0 Å². The van der Waals surface area contributed by atoms with E-state index >= 15 is 0 Å². The Morgan fingerprint density at radius 1 is 1.29 bits per heavy atom. The van der Waals surface area contributed by atoms with Crippen molar-refractivity contribution in [3.05, 3.63) is 34.1 Å². The average Bonchev–Trinajstić information content (AvgIpc) is 2.13. The second-order valence-electron chi connectivity index (χ2n) is 3.33. The first-order valence-electron chi connectivity index (χ1n) is 5.03. The summed E-state index contributed by atoms with van der Waals surface area (Å²) in [5.41, 5.74) is 0.799. The van der Waals surface area contributed by atoms with Crippen LogP contribution in [0, 0.1) is 11.7 Å². The number of halogens is 2. The molecule has 1 aromatic carbocycles. The minimum Gasteiger partial charge on any atom is -0.207 e. The van der Waals surface area contributed by atoms with Crippen molar-refractivity contribution < 1.29 is 4.39 Å². The molecule has 0 heterocycles. The summed E-state index contributed by atoms with van der Waals surface area (Å²) in [6.45, 7) is 8.17. The van der Waals surface area contributed by atoms with Crippen molar-refractivity contribution in [2.45, 2.75) is 34.1 Å². The van der Waals surface area contributed by atoms with Crippen molar-refractivity contribution in [2.75, 3.05) is 0 Å². The zero-order valence-corrected chi connectivity index (χ0v) is 10.9. The average molecular weight is 261 g/mol. The molecule has 0 amide bonds. The van der Waals surface area contributed by atoms with Crippen LogP contribution >= 0.6 is 15.9 Å². The number of benzene rings is 1. The fourth-order valence-corrected chi connectivity index (χ4v) is 1.46. The Labute approximate surface area is 94.7 Å². The molecule has 0 radical (unpaired) electrons. The quantitative estimate of drug-likeness (QED) is 0.716. The van der Waals surface area contributed by atoms with Gasteiger partial charge in [0.2, 0.25) is 0 Å². The van der Waals surface area contributed by atoms with Crippen LogP contribution in [-0.2, 0) is 6.42 Å². The van der Waals surface area contributed by atoms with Crippen LogP contribution in [0.15, 0.2) is 22.7 Å². The van der Waals surface area contributed by atoms with Crippen LogP contribution in [0.25, 0.3) is 0 Å². The van der Waals surface area contributed by atoms with Gasteiger partial charge in [-0.2, -0.15) is 0 Å². The third-order valence-corrected chi connectivity index (χ3v) is 2.14. The van der Waals surface area contributed by atoms with Crippen LogP contribution < -0.4 is 0 Å².